The Bertz CT molecular complexity index is 308. The maximum absolute atomic E-state index is 12.5. The fourth-order valence-corrected chi connectivity index (χ4v) is 1.75. The van der Waals surface area contributed by atoms with Crippen LogP contribution in [0.1, 0.15) is 13.3 Å². The third kappa shape index (κ3) is 3.54. The molecule has 0 saturated carbocycles. The number of rotatable bonds is 4. The highest BCUT2D eigenvalue weighted by Gasteiger charge is 2.87. The minimum absolute atomic E-state index is 0.798. The second-order valence-corrected chi connectivity index (χ2v) is 4.40. The molecule has 3 N–H and O–H groups in total. The Labute approximate surface area is 112 Å². The summed E-state index contributed by atoms with van der Waals surface area (Å²) in [5.41, 5.74) is -6.53. The summed E-state index contributed by atoms with van der Waals surface area (Å²) in [7, 11) is 0. The largest absolute Gasteiger partial charge is 0.414 e. The molecule has 21 heavy (non-hydrogen) atoms. The minimum atomic E-state index is -6.97. The lowest BCUT2D eigenvalue weighted by Gasteiger charge is -2.43. The summed E-state index contributed by atoms with van der Waals surface area (Å²) in [4.78, 5) is 0. The average Bonchev–Trinajstić information content (AvgIpc) is 2.08. The molecule has 0 bridgehead atoms. The van der Waals surface area contributed by atoms with Gasteiger partial charge in [-0.1, -0.05) is 0 Å². The number of aliphatic hydroxyl groups is 3. The van der Waals surface area contributed by atoms with E-state index >= 15 is 0 Å². The second kappa shape index (κ2) is 5.80. The van der Waals surface area contributed by atoms with Crippen LogP contribution >= 0.6 is 0 Å². The van der Waals surface area contributed by atoms with Gasteiger partial charge in [-0.05, 0) is 6.92 Å². The summed E-state index contributed by atoms with van der Waals surface area (Å²) >= 11 is 0. The van der Waals surface area contributed by atoms with Crippen LogP contribution in [0, 0.1) is 5.41 Å². The second-order valence-electron chi connectivity index (χ2n) is 4.40. The van der Waals surface area contributed by atoms with E-state index in [1.807, 2.05) is 0 Å². The predicted molar refractivity (Wildman–Crippen MR) is 48.9 cm³/mol. The number of aliphatic hydroxyl groups excluding tert-OH is 3. The molecule has 0 rings (SSSR count). The number of hydrogen-bond donors (Lipinski definition) is 3. The quantitative estimate of drug-likeness (QED) is 0.689. The third-order valence-electron chi connectivity index (χ3n) is 2.73. The van der Waals surface area contributed by atoms with Gasteiger partial charge in [0.1, 0.15) is 6.10 Å². The Hall–Kier alpha value is -0.750. The van der Waals surface area contributed by atoms with E-state index in [1.54, 1.807) is 0 Å². The first kappa shape index (κ1) is 20.2. The van der Waals surface area contributed by atoms with Crippen molar-refractivity contribution in [3.63, 3.8) is 0 Å². The average molecular weight is 338 g/mol. The van der Waals surface area contributed by atoms with Gasteiger partial charge >= 0.3 is 18.5 Å². The van der Waals surface area contributed by atoms with Crippen LogP contribution < -0.4 is 0 Å². The highest BCUT2D eigenvalue weighted by Crippen LogP contribution is 2.61. The lowest BCUT2D eigenvalue weighted by Crippen LogP contribution is -2.68. The molecule has 0 radical (unpaired) electrons. The first-order valence-electron chi connectivity index (χ1n) is 5.24. The summed E-state index contributed by atoms with van der Waals surface area (Å²) in [6.07, 6.45) is -31.3. The highest BCUT2D eigenvalue weighted by molar-refractivity contribution is 5.06. The smallest absolute Gasteiger partial charge is 0.393 e. The molecule has 0 amide bonds. The van der Waals surface area contributed by atoms with E-state index in [4.69, 9.17) is 15.3 Å². The zero-order valence-electron chi connectivity index (χ0n) is 10.2. The molecule has 3 nitrogen and oxygen atoms in total. The van der Waals surface area contributed by atoms with Crippen LogP contribution in [-0.2, 0) is 0 Å². The Morgan fingerprint density at radius 1 is 0.714 bits per heavy atom. The number of hydrogen-bond acceptors (Lipinski definition) is 3. The fraction of sp³-hybridized carbons (Fsp3) is 1.00. The molecule has 3 unspecified atom stereocenters. The molecule has 3 atom stereocenters. The summed E-state index contributed by atoms with van der Waals surface area (Å²) in [6, 6.07) is 0. The monoisotopic (exact) mass is 338 g/mol. The zero-order chi connectivity index (χ0) is 17.4. The van der Waals surface area contributed by atoms with Crippen molar-refractivity contribution in [2.75, 3.05) is 0 Å². The molecule has 0 aliphatic rings. The van der Waals surface area contributed by atoms with Crippen molar-refractivity contribution in [1.29, 1.82) is 0 Å². The van der Waals surface area contributed by atoms with E-state index in [2.05, 4.69) is 0 Å². The van der Waals surface area contributed by atoms with Crippen molar-refractivity contribution < 1.29 is 54.8 Å². The van der Waals surface area contributed by atoms with Crippen molar-refractivity contribution in [3.8, 4) is 0 Å². The molecule has 0 aliphatic carbocycles. The standard InChI is InChI=1S/C9H11F9O3/c1-3(19)2-4(20)5(21)6(7(10,11)12,8(13,14)15)9(16,17)18/h3-5,19-21H,2H2,1H3. The first-order valence-corrected chi connectivity index (χ1v) is 5.24. The molecule has 0 spiro atoms. The van der Waals surface area contributed by atoms with Gasteiger partial charge in [-0.15, -0.1) is 0 Å². The Kier molecular flexibility index (Phi) is 5.59. The van der Waals surface area contributed by atoms with Gasteiger partial charge in [0.05, 0.1) is 12.2 Å². The normalized spacial score (nSPS) is 19.3. The van der Waals surface area contributed by atoms with Crippen molar-refractivity contribution in [3.05, 3.63) is 0 Å². The Balaban J connectivity index is 6.17. The molecule has 0 heterocycles. The Morgan fingerprint density at radius 3 is 1.19 bits per heavy atom. The van der Waals surface area contributed by atoms with E-state index in [9.17, 15) is 39.5 Å². The van der Waals surface area contributed by atoms with Gasteiger partial charge in [-0.2, -0.15) is 39.5 Å². The molecular formula is C9H11F9O3. The van der Waals surface area contributed by atoms with Crippen LogP contribution in [0.2, 0.25) is 0 Å². The van der Waals surface area contributed by atoms with Gasteiger partial charge < -0.3 is 15.3 Å². The highest BCUT2D eigenvalue weighted by atomic mass is 19.4. The van der Waals surface area contributed by atoms with E-state index in [0.717, 1.165) is 6.92 Å². The maximum atomic E-state index is 12.5. The molecule has 12 heteroatoms. The molecular weight excluding hydrogens is 327 g/mol. The zero-order valence-corrected chi connectivity index (χ0v) is 10.2. The summed E-state index contributed by atoms with van der Waals surface area (Å²) in [5, 5.41) is 26.7. The van der Waals surface area contributed by atoms with Crippen LogP contribution in [0.4, 0.5) is 39.5 Å². The SMILES string of the molecule is CC(O)CC(O)C(O)C(C(F)(F)F)(C(F)(F)F)C(F)(F)F. The fourth-order valence-electron chi connectivity index (χ4n) is 1.75. The lowest BCUT2D eigenvalue weighted by atomic mass is 9.76. The molecule has 128 valence electrons. The van der Waals surface area contributed by atoms with Gasteiger partial charge in [0.2, 0.25) is 0 Å². The molecule has 0 saturated heterocycles. The van der Waals surface area contributed by atoms with Crippen LogP contribution in [0.25, 0.3) is 0 Å². The summed E-state index contributed by atoms with van der Waals surface area (Å²) in [5.74, 6) is 0. The van der Waals surface area contributed by atoms with E-state index < -0.39 is 48.7 Å². The van der Waals surface area contributed by atoms with E-state index in [0.29, 0.717) is 0 Å². The number of halogens is 9. The third-order valence-corrected chi connectivity index (χ3v) is 2.73. The van der Waals surface area contributed by atoms with Gasteiger partial charge in [-0.3, -0.25) is 0 Å². The van der Waals surface area contributed by atoms with E-state index in [1.165, 1.54) is 0 Å². The van der Waals surface area contributed by atoms with Gasteiger partial charge in [-0.25, -0.2) is 0 Å². The van der Waals surface area contributed by atoms with Gasteiger partial charge in [0.15, 0.2) is 0 Å². The van der Waals surface area contributed by atoms with Crippen LogP contribution in [0.3, 0.4) is 0 Å². The predicted octanol–water partition coefficient (Wildman–Crippen LogP) is 2.15. The van der Waals surface area contributed by atoms with Gasteiger partial charge in [0, 0.05) is 6.42 Å². The molecule has 0 aromatic carbocycles. The first-order chi connectivity index (χ1) is 9.00. The van der Waals surface area contributed by atoms with E-state index in [-0.39, 0.29) is 0 Å². The molecule has 0 aromatic rings. The molecule has 0 aliphatic heterocycles. The van der Waals surface area contributed by atoms with Crippen LogP contribution in [0.15, 0.2) is 0 Å². The van der Waals surface area contributed by atoms with Crippen molar-refractivity contribution in [2.24, 2.45) is 5.41 Å². The lowest BCUT2D eigenvalue weighted by molar-refractivity contribution is -0.453. The van der Waals surface area contributed by atoms with Crippen molar-refractivity contribution in [2.45, 2.75) is 50.2 Å². The van der Waals surface area contributed by atoms with Crippen LogP contribution in [0.5, 0.6) is 0 Å². The summed E-state index contributed by atoms with van der Waals surface area (Å²) < 4.78 is 113. The maximum Gasteiger partial charge on any atom is 0.414 e. The van der Waals surface area contributed by atoms with Crippen molar-refractivity contribution >= 4 is 0 Å². The van der Waals surface area contributed by atoms with Gasteiger partial charge in [0.25, 0.3) is 5.41 Å². The Morgan fingerprint density at radius 2 is 1.00 bits per heavy atom. The topological polar surface area (TPSA) is 60.7 Å². The number of alkyl halides is 9. The minimum Gasteiger partial charge on any atom is -0.393 e. The molecule has 0 fully saturated rings. The molecule has 0 aromatic heterocycles. The van der Waals surface area contributed by atoms with Crippen LogP contribution in [-0.4, -0.2) is 52.2 Å². The summed E-state index contributed by atoms with van der Waals surface area (Å²) in [6.45, 7) is 0.798. The van der Waals surface area contributed by atoms with Crippen molar-refractivity contribution in [1.82, 2.24) is 0 Å².